The fraction of sp³-hybridized carbons (Fsp3) is 0.158. The molecule has 2 aromatic rings. The Bertz CT molecular complexity index is 1170. The standard InChI is InChI=1S/C19H15Cl2N5OS2/c1-9-7-11(10(2)25(9)14-6-4-5-13(20)15(14)21)8-12-16(22)26-18(23-17(12)27)29-19(24-26)28-3/h4-8,22H,1-3H3. The first-order chi connectivity index (χ1) is 13.8. The summed E-state index contributed by atoms with van der Waals surface area (Å²) in [5.74, 6) is -0.431. The quantitative estimate of drug-likeness (QED) is 0.609. The summed E-state index contributed by atoms with van der Waals surface area (Å²) >= 11 is 15.3. The third-order valence-corrected chi connectivity index (χ3v) is 7.25. The predicted molar refractivity (Wildman–Crippen MR) is 124 cm³/mol. The van der Waals surface area contributed by atoms with Crippen molar-refractivity contribution in [2.75, 3.05) is 6.26 Å². The zero-order chi connectivity index (χ0) is 20.9. The molecule has 0 atom stereocenters. The van der Waals surface area contributed by atoms with Gasteiger partial charge in [-0.15, -0.1) is 16.9 Å². The van der Waals surface area contributed by atoms with E-state index >= 15 is 0 Å². The molecular weight excluding hydrogens is 449 g/mol. The molecule has 1 N–H and O–H groups in total. The highest BCUT2D eigenvalue weighted by atomic mass is 35.5. The molecule has 0 saturated heterocycles. The molecule has 4 rings (SSSR count). The molecule has 148 valence electrons. The lowest BCUT2D eigenvalue weighted by Gasteiger charge is -2.20. The van der Waals surface area contributed by atoms with Crippen molar-refractivity contribution in [2.24, 2.45) is 10.1 Å². The Hall–Kier alpha value is -2.00. The monoisotopic (exact) mass is 463 g/mol. The Kier molecular flexibility index (Phi) is 5.37. The van der Waals surface area contributed by atoms with Gasteiger partial charge in [0.25, 0.3) is 5.91 Å². The number of carbonyl (C=O) groups is 1. The summed E-state index contributed by atoms with van der Waals surface area (Å²) in [6.07, 6.45) is 3.57. The number of hydrazone groups is 1. The smallest absolute Gasteiger partial charge is 0.283 e. The van der Waals surface area contributed by atoms with Crippen LogP contribution in [0.15, 0.2) is 39.9 Å². The number of carbonyl (C=O) groups excluding carboxylic acids is 1. The van der Waals surface area contributed by atoms with Gasteiger partial charge in [-0.2, -0.15) is 10.0 Å². The van der Waals surface area contributed by atoms with E-state index < -0.39 is 5.91 Å². The molecule has 0 bridgehead atoms. The predicted octanol–water partition coefficient (Wildman–Crippen LogP) is 5.34. The SMILES string of the molecule is CSC1=NN2C(=N)C(=Cc3cc(C)n(-c4cccc(Cl)c4Cl)c3C)C(=O)N=C2S1. The number of aromatic nitrogens is 1. The Balaban J connectivity index is 1.78. The fourth-order valence-electron chi connectivity index (χ4n) is 3.18. The molecule has 0 unspecified atom stereocenters. The minimum Gasteiger partial charge on any atom is -0.316 e. The summed E-state index contributed by atoms with van der Waals surface area (Å²) in [4.78, 5) is 16.7. The molecule has 10 heteroatoms. The highest BCUT2D eigenvalue weighted by molar-refractivity contribution is 8.45. The van der Waals surface area contributed by atoms with Crippen molar-refractivity contribution >= 4 is 74.1 Å². The normalized spacial score (nSPS) is 17.7. The lowest BCUT2D eigenvalue weighted by Crippen LogP contribution is -2.35. The van der Waals surface area contributed by atoms with E-state index in [1.807, 2.05) is 42.9 Å². The summed E-state index contributed by atoms with van der Waals surface area (Å²) in [7, 11) is 0. The van der Waals surface area contributed by atoms with Gasteiger partial charge in [0.05, 0.1) is 21.3 Å². The molecule has 6 nitrogen and oxygen atoms in total. The van der Waals surface area contributed by atoms with Crippen LogP contribution >= 0.6 is 46.7 Å². The van der Waals surface area contributed by atoms with Crippen LogP contribution in [-0.2, 0) is 4.79 Å². The van der Waals surface area contributed by atoms with E-state index in [9.17, 15) is 4.79 Å². The molecule has 2 aliphatic rings. The van der Waals surface area contributed by atoms with Gasteiger partial charge in [-0.25, -0.2) is 0 Å². The third-order valence-electron chi connectivity index (χ3n) is 4.55. The van der Waals surface area contributed by atoms with E-state index in [4.69, 9.17) is 28.6 Å². The van der Waals surface area contributed by atoms with E-state index in [0.29, 0.717) is 15.2 Å². The second-order valence-electron chi connectivity index (χ2n) is 6.32. The number of amides is 1. The Morgan fingerprint density at radius 3 is 2.76 bits per heavy atom. The first-order valence-electron chi connectivity index (χ1n) is 8.49. The molecule has 0 spiro atoms. The number of aliphatic imine (C=N–C) groups is 1. The van der Waals surface area contributed by atoms with Gasteiger partial charge in [0.2, 0.25) is 5.17 Å². The van der Waals surface area contributed by atoms with Crippen molar-refractivity contribution in [1.29, 1.82) is 5.41 Å². The van der Waals surface area contributed by atoms with Crippen LogP contribution in [0.25, 0.3) is 11.8 Å². The van der Waals surface area contributed by atoms with Crippen LogP contribution in [0, 0.1) is 19.3 Å². The van der Waals surface area contributed by atoms with Crippen molar-refractivity contribution in [3.63, 3.8) is 0 Å². The average Bonchev–Trinajstić information content (AvgIpc) is 3.22. The van der Waals surface area contributed by atoms with E-state index in [2.05, 4.69) is 10.1 Å². The van der Waals surface area contributed by atoms with Gasteiger partial charge in [0.1, 0.15) is 0 Å². The number of hydrogen-bond acceptors (Lipinski definition) is 5. The zero-order valence-corrected chi connectivity index (χ0v) is 18.8. The average molecular weight is 464 g/mol. The molecule has 0 fully saturated rings. The first-order valence-corrected chi connectivity index (χ1v) is 11.3. The zero-order valence-electron chi connectivity index (χ0n) is 15.7. The van der Waals surface area contributed by atoms with Crippen molar-refractivity contribution in [3.8, 4) is 5.69 Å². The maximum Gasteiger partial charge on any atom is 0.283 e. The molecule has 0 saturated carbocycles. The summed E-state index contributed by atoms with van der Waals surface area (Å²) in [5.41, 5.74) is 3.55. The van der Waals surface area contributed by atoms with Gasteiger partial charge < -0.3 is 4.57 Å². The summed E-state index contributed by atoms with van der Waals surface area (Å²) < 4.78 is 2.72. The number of benzene rings is 1. The van der Waals surface area contributed by atoms with E-state index in [1.165, 1.54) is 28.5 Å². The summed E-state index contributed by atoms with van der Waals surface area (Å²) in [5, 5.41) is 15.5. The number of fused-ring (bicyclic) bond motifs is 1. The van der Waals surface area contributed by atoms with Crippen LogP contribution in [0.2, 0.25) is 10.0 Å². The minimum atomic E-state index is -0.447. The van der Waals surface area contributed by atoms with Crippen molar-refractivity contribution in [2.45, 2.75) is 13.8 Å². The van der Waals surface area contributed by atoms with Crippen LogP contribution in [0.1, 0.15) is 17.0 Å². The van der Waals surface area contributed by atoms with Crippen LogP contribution in [-0.4, -0.2) is 37.1 Å². The van der Waals surface area contributed by atoms with E-state index in [-0.39, 0.29) is 11.4 Å². The van der Waals surface area contributed by atoms with Crippen LogP contribution < -0.4 is 0 Å². The molecular formula is C19H15Cl2N5OS2. The van der Waals surface area contributed by atoms with E-state index in [1.54, 1.807) is 12.1 Å². The molecule has 29 heavy (non-hydrogen) atoms. The molecule has 2 aliphatic heterocycles. The number of amidine groups is 2. The lowest BCUT2D eigenvalue weighted by atomic mass is 10.1. The van der Waals surface area contributed by atoms with Gasteiger partial charge in [-0.05, 0) is 61.7 Å². The van der Waals surface area contributed by atoms with Gasteiger partial charge in [-0.1, -0.05) is 29.3 Å². The Morgan fingerprint density at radius 1 is 1.28 bits per heavy atom. The molecule has 0 aliphatic carbocycles. The molecule has 3 heterocycles. The molecule has 1 amide bonds. The largest absolute Gasteiger partial charge is 0.316 e. The Labute approximate surface area is 186 Å². The van der Waals surface area contributed by atoms with Gasteiger partial charge in [-0.3, -0.25) is 10.2 Å². The summed E-state index contributed by atoms with van der Waals surface area (Å²) in [6, 6.07) is 7.40. The van der Waals surface area contributed by atoms with Crippen LogP contribution in [0.5, 0.6) is 0 Å². The number of rotatable bonds is 2. The number of aryl methyl sites for hydroxylation is 1. The highest BCUT2D eigenvalue weighted by Crippen LogP contribution is 2.34. The number of hydrogen-bond donors (Lipinski definition) is 1. The minimum absolute atomic E-state index is 0.0159. The molecule has 1 aromatic carbocycles. The first kappa shape index (κ1) is 20.3. The molecule has 1 aromatic heterocycles. The second-order valence-corrected chi connectivity index (χ2v) is 9.12. The van der Waals surface area contributed by atoms with Crippen LogP contribution in [0.3, 0.4) is 0 Å². The second kappa shape index (κ2) is 7.68. The van der Waals surface area contributed by atoms with Gasteiger partial charge in [0, 0.05) is 11.4 Å². The topological polar surface area (TPSA) is 73.8 Å². The number of nitrogens with one attached hydrogen (secondary N) is 1. The molecule has 0 radical (unpaired) electrons. The van der Waals surface area contributed by atoms with E-state index in [0.717, 1.165) is 27.0 Å². The van der Waals surface area contributed by atoms with Crippen molar-refractivity contribution in [3.05, 3.63) is 56.8 Å². The number of thioether (sulfide) groups is 2. The summed E-state index contributed by atoms with van der Waals surface area (Å²) in [6.45, 7) is 3.88. The van der Waals surface area contributed by atoms with Gasteiger partial charge >= 0.3 is 0 Å². The highest BCUT2D eigenvalue weighted by Gasteiger charge is 2.35. The van der Waals surface area contributed by atoms with Gasteiger partial charge in [0.15, 0.2) is 10.2 Å². The van der Waals surface area contributed by atoms with Crippen LogP contribution in [0.4, 0.5) is 0 Å². The number of nitrogens with zero attached hydrogens (tertiary/aromatic N) is 4. The maximum absolute atomic E-state index is 12.6. The third kappa shape index (κ3) is 3.44. The number of halogens is 2. The van der Waals surface area contributed by atoms with Crippen molar-refractivity contribution < 1.29 is 4.79 Å². The maximum atomic E-state index is 12.6. The fourth-order valence-corrected chi connectivity index (χ4v) is 4.91. The van der Waals surface area contributed by atoms with Crippen molar-refractivity contribution in [1.82, 2.24) is 9.58 Å². The Morgan fingerprint density at radius 2 is 2.03 bits per heavy atom. The lowest BCUT2D eigenvalue weighted by molar-refractivity contribution is -0.114.